The fourth-order valence-corrected chi connectivity index (χ4v) is 3.88. The van der Waals surface area contributed by atoms with Crippen molar-refractivity contribution >= 4 is 23.3 Å². The molecule has 1 fully saturated rings. The Morgan fingerprint density at radius 1 is 1.03 bits per heavy atom. The molecule has 31 heavy (non-hydrogen) atoms. The van der Waals surface area contributed by atoms with Crippen molar-refractivity contribution in [3.63, 3.8) is 0 Å². The highest BCUT2D eigenvalue weighted by Crippen LogP contribution is 2.33. The fraction of sp³-hybridized carbons (Fsp3) is 0.375. The first-order valence-corrected chi connectivity index (χ1v) is 10.7. The molecule has 0 aromatic heterocycles. The number of benzene rings is 2. The second-order valence-corrected chi connectivity index (χ2v) is 7.73. The Balaban J connectivity index is 1.40. The molecule has 0 saturated carbocycles. The van der Waals surface area contributed by atoms with Gasteiger partial charge in [0, 0.05) is 31.6 Å². The zero-order valence-electron chi connectivity index (χ0n) is 17.4. The van der Waals surface area contributed by atoms with Crippen molar-refractivity contribution in [1.29, 1.82) is 0 Å². The van der Waals surface area contributed by atoms with Gasteiger partial charge in [-0.05, 0) is 49.6 Å². The number of ether oxygens (including phenoxy) is 2. The highest BCUT2D eigenvalue weighted by Gasteiger charge is 2.27. The highest BCUT2D eigenvalue weighted by atomic mass is 16.5. The lowest BCUT2D eigenvalue weighted by molar-refractivity contribution is -0.130. The van der Waals surface area contributed by atoms with Crippen molar-refractivity contribution in [3.05, 3.63) is 54.1 Å². The summed E-state index contributed by atoms with van der Waals surface area (Å²) in [6, 6.07) is 14.2. The van der Waals surface area contributed by atoms with Crippen LogP contribution in [0.1, 0.15) is 36.0 Å². The van der Waals surface area contributed by atoms with E-state index in [1.165, 1.54) is 0 Å². The van der Waals surface area contributed by atoms with Gasteiger partial charge in [-0.2, -0.15) is 0 Å². The third-order valence-corrected chi connectivity index (χ3v) is 5.57. The second kappa shape index (κ2) is 9.64. The average Bonchev–Trinajstić information content (AvgIpc) is 3.34. The van der Waals surface area contributed by atoms with Crippen molar-refractivity contribution in [2.45, 2.75) is 25.7 Å². The van der Waals surface area contributed by atoms with Gasteiger partial charge in [-0.25, -0.2) is 0 Å². The number of carbonyl (C=O) groups is 3. The summed E-state index contributed by atoms with van der Waals surface area (Å²) in [4.78, 5) is 40.9. The molecule has 0 spiro atoms. The number of carbonyl (C=O) groups excluding carboxylic acids is 3. The molecule has 0 radical (unpaired) electrons. The summed E-state index contributed by atoms with van der Waals surface area (Å²) in [5, 5.41) is 0. The lowest BCUT2D eigenvalue weighted by Crippen LogP contribution is -2.40. The van der Waals surface area contributed by atoms with Gasteiger partial charge in [-0.3, -0.25) is 14.4 Å². The number of ketones is 1. The predicted molar refractivity (Wildman–Crippen MR) is 116 cm³/mol. The third-order valence-electron chi connectivity index (χ3n) is 5.57. The molecule has 2 aliphatic rings. The number of fused-ring (bicyclic) bond motifs is 1. The topological polar surface area (TPSA) is 76.2 Å². The molecule has 0 aliphatic carbocycles. The first-order chi connectivity index (χ1) is 15.1. The number of nitrogens with zero attached hydrogens (tertiary/aromatic N) is 2. The Hall–Kier alpha value is -3.35. The maximum atomic E-state index is 12.6. The first kappa shape index (κ1) is 20.9. The molecule has 7 nitrogen and oxygen atoms in total. The Morgan fingerprint density at radius 3 is 2.58 bits per heavy atom. The Labute approximate surface area is 181 Å². The van der Waals surface area contributed by atoms with E-state index >= 15 is 0 Å². The van der Waals surface area contributed by atoms with E-state index in [1.807, 2.05) is 23.1 Å². The number of amides is 2. The summed E-state index contributed by atoms with van der Waals surface area (Å²) in [5.41, 5.74) is 1.02. The van der Waals surface area contributed by atoms with Gasteiger partial charge in [0.2, 0.25) is 5.91 Å². The van der Waals surface area contributed by atoms with Crippen molar-refractivity contribution in [2.24, 2.45) is 0 Å². The predicted octanol–water partition coefficient (Wildman–Crippen LogP) is 3.08. The Bertz CT molecular complexity index is 954. The molecule has 0 N–H and O–H groups in total. The van der Waals surface area contributed by atoms with Crippen LogP contribution >= 0.6 is 0 Å². The summed E-state index contributed by atoms with van der Waals surface area (Å²) in [6.45, 7) is 1.93. The van der Waals surface area contributed by atoms with E-state index in [9.17, 15) is 14.4 Å². The van der Waals surface area contributed by atoms with E-state index in [2.05, 4.69) is 0 Å². The Morgan fingerprint density at radius 2 is 1.81 bits per heavy atom. The largest absolute Gasteiger partial charge is 0.485 e. The summed E-state index contributed by atoms with van der Waals surface area (Å²) < 4.78 is 11.1. The second-order valence-electron chi connectivity index (χ2n) is 7.73. The van der Waals surface area contributed by atoms with Gasteiger partial charge in [0.25, 0.3) is 5.91 Å². The monoisotopic (exact) mass is 422 g/mol. The van der Waals surface area contributed by atoms with E-state index < -0.39 is 0 Å². The number of rotatable bonds is 8. The molecule has 162 valence electrons. The van der Waals surface area contributed by atoms with Crippen LogP contribution in [0.4, 0.5) is 5.69 Å². The standard InChI is InChI=1S/C24H26N2O5/c27-21(16-30-19-7-2-1-3-8-19)18-10-11-22-20(15-18)26(24(29)17-31-22)14-6-9-23(28)25-12-4-5-13-25/h1-3,7-8,10-11,15H,4-6,9,12-14,16-17H2. The van der Waals surface area contributed by atoms with Crippen LogP contribution in [0.15, 0.2) is 48.5 Å². The van der Waals surface area contributed by atoms with Crippen LogP contribution in [0.5, 0.6) is 11.5 Å². The summed E-state index contributed by atoms with van der Waals surface area (Å²) in [6.07, 6.45) is 3.09. The van der Waals surface area contributed by atoms with Crippen molar-refractivity contribution in [1.82, 2.24) is 4.90 Å². The van der Waals surface area contributed by atoms with Crippen LogP contribution in [0.3, 0.4) is 0 Å². The highest BCUT2D eigenvalue weighted by molar-refractivity contribution is 6.02. The lowest BCUT2D eigenvalue weighted by atomic mass is 10.1. The quantitative estimate of drug-likeness (QED) is 0.611. The van der Waals surface area contributed by atoms with E-state index in [4.69, 9.17) is 9.47 Å². The van der Waals surface area contributed by atoms with Gasteiger partial charge in [-0.1, -0.05) is 18.2 Å². The zero-order valence-corrected chi connectivity index (χ0v) is 17.4. The van der Waals surface area contributed by atoms with Crippen LogP contribution in [0.25, 0.3) is 0 Å². The molecule has 0 unspecified atom stereocenters. The van der Waals surface area contributed by atoms with Gasteiger partial charge in [0.05, 0.1) is 5.69 Å². The van der Waals surface area contributed by atoms with E-state index in [0.29, 0.717) is 42.1 Å². The molecule has 2 amide bonds. The summed E-state index contributed by atoms with van der Waals surface area (Å²) in [5.74, 6) is 0.961. The molecule has 2 aromatic carbocycles. The number of hydrogen-bond donors (Lipinski definition) is 0. The number of anilines is 1. The first-order valence-electron chi connectivity index (χ1n) is 10.7. The smallest absolute Gasteiger partial charge is 0.265 e. The normalized spacial score (nSPS) is 15.4. The van der Waals surface area contributed by atoms with E-state index in [0.717, 1.165) is 25.9 Å². The minimum absolute atomic E-state index is 0.0442. The fourth-order valence-electron chi connectivity index (χ4n) is 3.88. The van der Waals surface area contributed by atoms with Crippen LogP contribution in [0, 0.1) is 0 Å². The van der Waals surface area contributed by atoms with Gasteiger partial charge < -0.3 is 19.3 Å². The molecular formula is C24H26N2O5. The molecule has 0 atom stereocenters. The molecule has 0 bridgehead atoms. The molecule has 4 rings (SSSR count). The van der Waals surface area contributed by atoms with Crippen molar-refractivity contribution in [2.75, 3.05) is 37.7 Å². The number of likely N-dealkylation sites (tertiary alicyclic amines) is 1. The van der Waals surface area contributed by atoms with Crippen molar-refractivity contribution < 1.29 is 23.9 Å². The molecule has 2 heterocycles. The van der Waals surface area contributed by atoms with Crippen LogP contribution in [-0.4, -0.2) is 55.3 Å². The zero-order chi connectivity index (χ0) is 21.6. The van der Waals surface area contributed by atoms with Crippen LogP contribution in [0.2, 0.25) is 0 Å². The van der Waals surface area contributed by atoms with Gasteiger partial charge in [-0.15, -0.1) is 0 Å². The number of para-hydroxylation sites is 1. The van der Waals surface area contributed by atoms with Gasteiger partial charge in [0.15, 0.2) is 19.0 Å². The Kier molecular flexibility index (Phi) is 6.50. The average molecular weight is 422 g/mol. The molecule has 7 heteroatoms. The minimum Gasteiger partial charge on any atom is -0.485 e. The third kappa shape index (κ3) is 5.05. The van der Waals surface area contributed by atoms with Crippen LogP contribution < -0.4 is 14.4 Å². The lowest BCUT2D eigenvalue weighted by Gasteiger charge is -2.30. The minimum atomic E-state index is -0.186. The van der Waals surface area contributed by atoms with E-state index in [-0.39, 0.29) is 30.8 Å². The summed E-state index contributed by atoms with van der Waals surface area (Å²) >= 11 is 0. The number of Topliss-reactive ketones (excluding diaryl/α,β-unsaturated/α-hetero) is 1. The van der Waals surface area contributed by atoms with Gasteiger partial charge in [0.1, 0.15) is 11.5 Å². The SMILES string of the molecule is O=C(COc1ccccc1)c1ccc2c(c1)N(CCCC(=O)N1CCCC1)C(=O)CO2. The van der Waals surface area contributed by atoms with E-state index in [1.54, 1.807) is 35.2 Å². The van der Waals surface area contributed by atoms with Gasteiger partial charge >= 0.3 is 0 Å². The molecule has 1 saturated heterocycles. The maximum Gasteiger partial charge on any atom is 0.265 e. The molecule has 2 aliphatic heterocycles. The number of hydrogen-bond acceptors (Lipinski definition) is 5. The molecule has 2 aromatic rings. The summed E-state index contributed by atoms with van der Waals surface area (Å²) in [7, 11) is 0. The van der Waals surface area contributed by atoms with Crippen LogP contribution in [-0.2, 0) is 9.59 Å². The maximum absolute atomic E-state index is 12.6. The molecular weight excluding hydrogens is 396 g/mol. The van der Waals surface area contributed by atoms with Crippen molar-refractivity contribution in [3.8, 4) is 11.5 Å².